The number of aromatic amines is 1. The van der Waals surface area contributed by atoms with Gasteiger partial charge in [0.05, 0.1) is 0 Å². The van der Waals surface area contributed by atoms with Gasteiger partial charge in [0.1, 0.15) is 5.82 Å². The smallest absolute Gasteiger partial charge is 0.227 e. The van der Waals surface area contributed by atoms with E-state index in [1.54, 1.807) is 13.1 Å². The third-order valence-corrected chi connectivity index (χ3v) is 4.39. The maximum atomic E-state index is 12.0. The fraction of sp³-hybridized carbons (Fsp3) is 0.286. The molecule has 0 radical (unpaired) electrons. The van der Waals surface area contributed by atoms with E-state index in [1.165, 1.54) is 10.9 Å². The number of para-hydroxylation sites is 1. The van der Waals surface area contributed by atoms with Crippen LogP contribution in [0.25, 0.3) is 10.9 Å². The van der Waals surface area contributed by atoms with Crippen LogP contribution in [0.2, 0.25) is 0 Å². The second-order valence-corrected chi connectivity index (χ2v) is 6.50. The molecule has 0 aliphatic carbocycles. The summed E-state index contributed by atoms with van der Waals surface area (Å²) in [5, 5.41) is 10.5. The molecule has 0 aliphatic heterocycles. The van der Waals surface area contributed by atoms with Gasteiger partial charge in [-0.25, -0.2) is 4.98 Å². The van der Waals surface area contributed by atoms with Crippen molar-refractivity contribution in [3.05, 3.63) is 59.9 Å². The van der Waals surface area contributed by atoms with Crippen molar-refractivity contribution in [2.45, 2.75) is 19.8 Å². The number of nitrogens with one attached hydrogen (secondary N) is 4. The molecule has 4 N–H and O–H groups in total. The van der Waals surface area contributed by atoms with Crippen molar-refractivity contribution in [2.24, 2.45) is 4.99 Å². The first-order valence-electron chi connectivity index (χ1n) is 9.39. The molecule has 1 amide bonds. The zero-order chi connectivity index (χ0) is 19.8. The Morgan fingerprint density at radius 3 is 2.69 bits per heavy atom. The highest BCUT2D eigenvalue weighted by molar-refractivity contribution is 14.0. The van der Waals surface area contributed by atoms with E-state index in [1.807, 2.05) is 37.4 Å². The number of aromatic nitrogens is 2. The molecule has 7 nitrogen and oxygen atoms in total. The summed E-state index contributed by atoms with van der Waals surface area (Å²) in [6.45, 7) is 3.13. The minimum atomic E-state index is -0.0835. The number of fused-ring (bicyclic) bond motifs is 1. The van der Waals surface area contributed by atoms with E-state index in [0.717, 1.165) is 24.2 Å². The van der Waals surface area contributed by atoms with E-state index in [2.05, 4.69) is 43.0 Å². The van der Waals surface area contributed by atoms with Gasteiger partial charge in [-0.05, 0) is 37.1 Å². The van der Waals surface area contributed by atoms with Crippen molar-refractivity contribution in [3.8, 4) is 0 Å². The average Bonchev–Trinajstić information content (AvgIpc) is 3.10. The summed E-state index contributed by atoms with van der Waals surface area (Å²) in [7, 11) is 1.72. The lowest BCUT2D eigenvalue weighted by atomic mass is 10.1. The summed E-state index contributed by atoms with van der Waals surface area (Å²) in [6, 6.07) is 13.8. The Kier molecular flexibility index (Phi) is 8.91. The van der Waals surface area contributed by atoms with Crippen LogP contribution in [0.4, 0.5) is 5.82 Å². The molecule has 0 unspecified atom stereocenters. The van der Waals surface area contributed by atoms with E-state index in [4.69, 9.17) is 0 Å². The summed E-state index contributed by atoms with van der Waals surface area (Å²) < 4.78 is 0. The molecule has 0 saturated carbocycles. The largest absolute Gasteiger partial charge is 0.361 e. The fourth-order valence-corrected chi connectivity index (χ4v) is 2.99. The Morgan fingerprint density at radius 2 is 1.90 bits per heavy atom. The number of nitrogens with zero attached hydrogens (tertiary/aromatic N) is 2. The van der Waals surface area contributed by atoms with Gasteiger partial charge in [-0.1, -0.05) is 24.3 Å². The number of H-pyrrole nitrogens is 1. The molecule has 154 valence electrons. The average molecular weight is 506 g/mol. The monoisotopic (exact) mass is 506 g/mol. The highest BCUT2D eigenvalue weighted by Gasteiger charge is 2.06. The normalized spacial score (nSPS) is 11.0. The van der Waals surface area contributed by atoms with E-state index < -0.39 is 0 Å². The number of aliphatic imine (C=N–C) groups is 1. The first-order valence-corrected chi connectivity index (χ1v) is 9.39. The van der Waals surface area contributed by atoms with Gasteiger partial charge in [0.25, 0.3) is 0 Å². The molecule has 0 spiro atoms. The van der Waals surface area contributed by atoms with Crippen molar-refractivity contribution in [1.82, 2.24) is 20.6 Å². The van der Waals surface area contributed by atoms with Gasteiger partial charge in [-0.15, -0.1) is 24.0 Å². The third-order valence-electron chi connectivity index (χ3n) is 4.39. The summed E-state index contributed by atoms with van der Waals surface area (Å²) in [4.78, 5) is 23.8. The minimum absolute atomic E-state index is 0. The van der Waals surface area contributed by atoms with Crippen LogP contribution in [0.3, 0.4) is 0 Å². The molecule has 8 heteroatoms. The second kappa shape index (κ2) is 11.4. The fourth-order valence-electron chi connectivity index (χ4n) is 2.99. The number of amides is 1. The number of halogens is 1. The lowest BCUT2D eigenvalue weighted by Crippen LogP contribution is -2.39. The highest BCUT2D eigenvalue weighted by atomic mass is 127. The van der Waals surface area contributed by atoms with E-state index in [0.29, 0.717) is 24.7 Å². The Labute approximate surface area is 187 Å². The predicted molar refractivity (Wildman–Crippen MR) is 129 cm³/mol. The molecule has 0 fully saturated rings. The van der Waals surface area contributed by atoms with Crippen LogP contribution >= 0.6 is 24.0 Å². The highest BCUT2D eigenvalue weighted by Crippen LogP contribution is 2.17. The number of carbonyl (C=O) groups excluding carboxylic acids is 1. The summed E-state index contributed by atoms with van der Waals surface area (Å²) in [5.41, 5.74) is 3.29. The quantitative estimate of drug-likeness (QED) is 0.225. The van der Waals surface area contributed by atoms with Gasteiger partial charge in [0.2, 0.25) is 5.91 Å². The molecule has 0 saturated heterocycles. The van der Waals surface area contributed by atoms with Crippen LogP contribution in [-0.2, 0) is 11.2 Å². The van der Waals surface area contributed by atoms with Gasteiger partial charge in [-0.2, -0.15) is 0 Å². The lowest BCUT2D eigenvalue weighted by Gasteiger charge is -2.11. The van der Waals surface area contributed by atoms with Crippen molar-refractivity contribution in [3.63, 3.8) is 0 Å². The van der Waals surface area contributed by atoms with Crippen LogP contribution < -0.4 is 16.0 Å². The minimum Gasteiger partial charge on any atom is -0.361 e. The molecule has 0 aliphatic rings. The maximum absolute atomic E-state index is 12.0. The Morgan fingerprint density at radius 1 is 1.10 bits per heavy atom. The van der Waals surface area contributed by atoms with Crippen LogP contribution in [0.15, 0.2) is 53.7 Å². The van der Waals surface area contributed by atoms with Crippen LogP contribution in [0.5, 0.6) is 0 Å². The number of guanidine groups is 1. The first-order chi connectivity index (χ1) is 13.7. The Balaban J connectivity index is 0.00000300. The van der Waals surface area contributed by atoms with Gasteiger partial charge in [0.15, 0.2) is 5.96 Å². The molecule has 2 heterocycles. The topological polar surface area (TPSA) is 94.2 Å². The number of hydrogen-bond donors (Lipinski definition) is 4. The molecular weight excluding hydrogens is 479 g/mol. The standard InChI is InChI=1S/C21H26N6O.HI/c1-15-6-5-9-19(26-15)27-20(28)11-13-24-21(22-2)23-12-10-16-14-25-18-8-4-3-7-17(16)18;/h3-9,14,25H,10-13H2,1-2H3,(H2,22,23,24)(H,26,27,28);1H. The zero-order valence-corrected chi connectivity index (χ0v) is 19.0. The maximum Gasteiger partial charge on any atom is 0.227 e. The van der Waals surface area contributed by atoms with Crippen molar-refractivity contribution < 1.29 is 4.79 Å². The van der Waals surface area contributed by atoms with E-state index in [-0.39, 0.29) is 29.9 Å². The lowest BCUT2D eigenvalue weighted by molar-refractivity contribution is -0.116. The molecule has 1 aromatic carbocycles. The van der Waals surface area contributed by atoms with Crippen molar-refractivity contribution in [2.75, 3.05) is 25.5 Å². The number of carbonyl (C=O) groups is 1. The number of benzene rings is 1. The summed E-state index contributed by atoms with van der Waals surface area (Å²) >= 11 is 0. The molecule has 2 aromatic heterocycles. The number of hydrogen-bond acceptors (Lipinski definition) is 3. The van der Waals surface area contributed by atoms with Gasteiger partial charge in [-0.3, -0.25) is 9.79 Å². The molecular formula is C21H27IN6O. The van der Waals surface area contributed by atoms with Gasteiger partial charge >= 0.3 is 0 Å². The number of pyridine rings is 1. The molecule has 3 rings (SSSR count). The summed E-state index contributed by atoms with van der Waals surface area (Å²) in [5.74, 6) is 1.17. The zero-order valence-electron chi connectivity index (χ0n) is 16.7. The van der Waals surface area contributed by atoms with Crippen LogP contribution in [0, 0.1) is 6.92 Å². The van der Waals surface area contributed by atoms with Crippen molar-refractivity contribution in [1.29, 1.82) is 0 Å². The van der Waals surface area contributed by atoms with Crippen LogP contribution in [-0.4, -0.2) is 42.0 Å². The molecule has 0 atom stereocenters. The van der Waals surface area contributed by atoms with Gasteiger partial charge < -0.3 is 20.9 Å². The predicted octanol–water partition coefficient (Wildman–Crippen LogP) is 3.23. The Bertz CT molecular complexity index is 968. The Hall–Kier alpha value is -2.62. The third kappa shape index (κ3) is 6.74. The molecule has 29 heavy (non-hydrogen) atoms. The van der Waals surface area contributed by atoms with E-state index >= 15 is 0 Å². The molecule has 3 aromatic rings. The van der Waals surface area contributed by atoms with E-state index in [9.17, 15) is 4.79 Å². The van der Waals surface area contributed by atoms with Crippen LogP contribution in [0.1, 0.15) is 17.7 Å². The van der Waals surface area contributed by atoms with Gasteiger partial charge in [0, 0.05) is 49.4 Å². The van der Waals surface area contributed by atoms with Crippen molar-refractivity contribution >= 4 is 52.6 Å². The number of aryl methyl sites for hydroxylation is 1. The SMILES string of the molecule is CN=C(NCCC(=O)Nc1cccc(C)n1)NCCc1c[nH]c2ccccc12.I. The number of rotatable bonds is 7. The number of anilines is 1. The second-order valence-electron chi connectivity index (χ2n) is 6.50. The molecule has 0 bridgehead atoms. The summed E-state index contributed by atoms with van der Waals surface area (Å²) in [6.07, 6.45) is 3.26. The first kappa shape index (κ1) is 22.7.